The molecule has 3 heteroatoms. The van der Waals surface area contributed by atoms with Crippen LogP contribution in [-0.4, -0.2) is 43.1 Å². The van der Waals surface area contributed by atoms with Crippen molar-refractivity contribution >= 4 is 0 Å². The summed E-state index contributed by atoms with van der Waals surface area (Å²) in [6, 6.07) is 0. The van der Waals surface area contributed by atoms with E-state index in [1.807, 2.05) is 7.05 Å². The monoisotopic (exact) mass is 240 g/mol. The number of hydrogen-bond acceptors (Lipinski definition) is 2. The molecule has 2 N–H and O–H groups in total. The van der Waals surface area contributed by atoms with Crippen LogP contribution in [0.15, 0.2) is 0 Å². The summed E-state index contributed by atoms with van der Waals surface area (Å²) in [7, 11) is 2.04. The molecule has 1 aliphatic heterocycles. The molecule has 2 atom stereocenters. The molecule has 0 spiro atoms. The average Bonchev–Trinajstić information content (AvgIpc) is 2.15. The number of quaternary nitrogens is 1. The van der Waals surface area contributed by atoms with Crippen molar-refractivity contribution < 1.29 is 14.7 Å². The Bertz CT molecular complexity index is 303. The molecule has 0 amide bonds. The predicted octanol–water partition coefficient (Wildman–Crippen LogP) is 0.235. The van der Waals surface area contributed by atoms with Crippen molar-refractivity contribution in [2.75, 3.05) is 26.7 Å². The van der Waals surface area contributed by atoms with Gasteiger partial charge < -0.3 is 14.7 Å². The van der Waals surface area contributed by atoms with Crippen molar-refractivity contribution in [3.8, 4) is 11.8 Å². The van der Waals surface area contributed by atoms with Gasteiger partial charge in [-0.25, -0.2) is 0 Å². The first-order valence-electron chi connectivity index (χ1n) is 6.49. The second-order valence-corrected chi connectivity index (χ2v) is 5.86. The highest BCUT2D eigenvalue weighted by molar-refractivity contribution is 5.14. The van der Waals surface area contributed by atoms with Crippen LogP contribution in [0, 0.1) is 11.8 Å². The van der Waals surface area contributed by atoms with Gasteiger partial charge in [-0.2, -0.15) is 0 Å². The first kappa shape index (κ1) is 14.5. The number of ether oxygens (including phenoxy) is 1. The summed E-state index contributed by atoms with van der Waals surface area (Å²) in [4.78, 5) is 1.23. The van der Waals surface area contributed by atoms with E-state index in [-0.39, 0.29) is 17.8 Å². The van der Waals surface area contributed by atoms with E-state index in [0.29, 0.717) is 0 Å². The second-order valence-electron chi connectivity index (χ2n) is 5.86. The summed E-state index contributed by atoms with van der Waals surface area (Å²) < 4.78 is 6.07. The Morgan fingerprint density at radius 3 is 2.59 bits per heavy atom. The molecule has 0 aliphatic carbocycles. The molecule has 3 nitrogen and oxygen atoms in total. The van der Waals surface area contributed by atoms with E-state index in [9.17, 15) is 0 Å². The van der Waals surface area contributed by atoms with Crippen LogP contribution >= 0.6 is 0 Å². The fourth-order valence-electron chi connectivity index (χ4n) is 2.31. The summed E-state index contributed by atoms with van der Waals surface area (Å²) in [5.74, 6) is 6.46. The maximum atomic E-state index is 8.81. The van der Waals surface area contributed by atoms with E-state index in [4.69, 9.17) is 9.84 Å². The minimum Gasteiger partial charge on any atom is -0.391 e. The smallest absolute Gasteiger partial charge is 0.139 e. The molecule has 1 saturated heterocycles. The van der Waals surface area contributed by atoms with Gasteiger partial charge in [0, 0.05) is 0 Å². The zero-order chi connectivity index (χ0) is 12.9. The lowest BCUT2D eigenvalue weighted by molar-refractivity contribution is -0.872. The van der Waals surface area contributed by atoms with Gasteiger partial charge in [0.2, 0.25) is 0 Å². The second kappa shape index (κ2) is 5.86. The minimum absolute atomic E-state index is 0.0501. The van der Waals surface area contributed by atoms with E-state index in [1.54, 1.807) is 0 Å². The number of hydrogen-bond donors (Lipinski definition) is 2. The number of rotatable bonds is 3. The molecule has 0 radical (unpaired) electrons. The van der Waals surface area contributed by atoms with Crippen molar-refractivity contribution in [3.05, 3.63) is 0 Å². The molecule has 0 bridgehead atoms. The Morgan fingerprint density at radius 2 is 2.00 bits per heavy atom. The largest absolute Gasteiger partial charge is 0.391 e. The Kier molecular flexibility index (Phi) is 5.00. The van der Waals surface area contributed by atoms with Gasteiger partial charge in [-0.15, -0.1) is 0 Å². The van der Waals surface area contributed by atoms with Crippen LogP contribution in [-0.2, 0) is 4.74 Å². The van der Waals surface area contributed by atoms with Gasteiger partial charge in [0.1, 0.15) is 18.7 Å². The average molecular weight is 240 g/mol. The fraction of sp³-hybridized carbons (Fsp3) is 0.857. The maximum Gasteiger partial charge on any atom is 0.139 e. The van der Waals surface area contributed by atoms with Crippen molar-refractivity contribution in [2.45, 2.75) is 51.2 Å². The molecule has 17 heavy (non-hydrogen) atoms. The van der Waals surface area contributed by atoms with E-state index in [2.05, 4.69) is 32.6 Å². The van der Waals surface area contributed by atoms with Gasteiger partial charge in [0.15, 0.2) is 0 Å². The third-order valence-corrected chi connectivity index (χ3v) is 3.22. The third kappa shape index (κ3) is 5.08. The Labute approximate surface area is 105 Å². The van der Waals surface area contributed by atoms with Gasteiger partial charge in [-0.05, 0) is 46.0 Å². The normalized spacial score (nSPS) is 29.2. The van der Waals surface area contributed by atoms with Crippen LogP contribution in [0.4, 0.5) is 0 Å². The number of aliphatic hydroxyl groups excluding tert-OH is 1. The topological polar surface area (TPSA) is 33.9 Å². The molecular formula is C14H26NO2+. The Hall–Kier alpha value is -0.560. The predicted molar refractivity (Wildman–Crippen MR) is 68.9 cm³/mol. The van der Waals surface area contributed by atoms with Gasteiger partial charge in [-0.3, -0.25) is 0 Å². The van der Waals surface area contributed by atoms with Crippen LogP contribution < -0.4 is 4.90 Å². The SMILES string of the molecule is C[NH+](CC#C[C@]1(C)CCCC(C)(C)O1)CCO. The first-order chi connectivity index (χ1) is 7.87. The summed E-state index contributed by atoms with van der Waals surface area (Å²) in [5, 5.41) is 8.81. The molecular weight excluding hydrogens is 214 g/mol. The van der Waals surface area contributed by atoms with Crippen molar-refractivity contribution in [1.82, 2.24) is 0 Å². The molecule has 0 saturated carbocycles. The van der Waals surface area contributed by atoms with Crippen LogP contribution in [0.25, 0.3) is 0 Å². The van der Waals surface area contributed by atoms with E-state index < -0.39 is 0 Å². The summed E-state index contributed by atoms with van der Waals surface area (Å²) >= 11 is 0. The number of aliphatic hydroxyl groups is 1. The van der Waals surface area contributed by atoms with Crippen LogP contribution in [0.1, 0.15) is 40.0 Å². The summed E-state index contributed by atoms with van der Waals surface area (Å²) in [6.45, 7) is 8.08. The number of nitrogens with one attached hydrogen (secondary N) is 1. The molecule has 0 aromatic heterocycles. The molecule has 1 heterocycles. The fourth-order valence-corrected chi connectivity index (χ4v) is 2.31. The zero-order valence-corrected chi connectivity index (χ0v) is 11.6. The van der Waals surface area contributed by atoms with Crippen LogP contribution in [0.2, 0.25) is 0 Å². The first-order valence-corrected chi connectivity index (χ1v) is 6.49. The minimum atomic E-state index is -0.290. The summed E-state index contributed by atoms with van der Waals surface area (Å²) in [5.41, 5.74) is -0.340. The summed E-state index contributed by atoms with van der Waals surface area (Å²) in [6.07, 6.45) is 3.31. The van der Waals surface area contributed by atoms with Gasteiger partial charge in [0.05, 0.1) is 19.3 Å². The van der Waals surface area contributed by atoms with Crippen LogP contribution in [0.5, 0.6) is 0 Å². The lowest BCUT2D eigenvalue weighted by Crippen LogP contribution is -3.09. The molecule has 98 valence electrons. The maximum absolute atomic E-state index is 8.81. The van der Waals surface area contributed by atoms with E-state index in [0.717, 1.165) is 25.9 Å². The molecule has 1 unspecified atom stereocenters. The molecule has 1 fully saturated rings. The Balaban J connectivity index is 2.51. The van der Waals surface area contributed by atoms with Gasteiger partial charge in [0.25, 0.3) is 0 Å². The van der Waals surface area contributed by atoms with Gasteiger partial charge in [-0.1, -0.05) is 5.92 Å². The highest BCUT2D eigenvalue weighted by atomic mass is 16.5. The van der Waals surface area contributed by atoms with Crippen molar-refractivity contribution in [1.29, 1.82) is 0 Å². The lowest BCUT2D eigenvalue weighted by atomic mass is 9.88. The lowest BCUT2D eigenvalue weighted by Gasteiger charge is -2.40. The quantitative estimate of drug-likeness (QED) is 0.693. The standard InChI is InChI=1S/C14H25NO2/c1-13(2)7-5-8-14(3,17-13)9-6-10-15(4)11-12-16/h16H,5,7-8,10-12H2,1-4H3/p+1/t14-/m0/s1. The number of likely N-dealkylation sites (N-methyl/N-ethyl adjacent to an activating group) is 1. The molecule has 1 aliphatic rings. The Morgan fingerprint density at radius 1 is 1.29 bits per heavy atom. The molecule has 1 rings (SSSR count). The zero-order valence-electron chi connectivity index (χ0n) is 11.6. The highest BCUT2D eigenvalue weighted by Crippen LogP contribution is 2.34. The van der Waals surface area contributed by atoms with Crippen molar-refractivity contribution in [2.24, 2.45) is 0 Å². The molecule has 0 aromatic rings. The van der Waals surface area contributed by atoms with Crippen LogP contribution in [0.3, 0.4) is 0 Å². The third-order valence-electron chi connectivity index (χ3n) is 3.22. The van der Waals surface area contributed by atoms with E-state index >= 15 is 0 Å². The van der Waals surface area contributed by atoms with Gasteiger partial charge >= 0.3 is 0 Å². The highest BCUT2D eigenvalue weighted by Gasteiger charge is 2.35. The van der Waals surface area contributed by atoms with Crippen molar-refractivity contribution in [3.63, 3.8) is 0 Å². The van der Waals surface area contributed by atoms with E-state index in [1.165, 1.54) is 11.3 Å². The molecule has 0 aromatic carbocycles.